The molecule has 0 aromatic carbocycles. The van der Waals surface area contributed by atoms with Gasteiger partial charge in [-0.25, -0.2) is 0 Å². The topological polar surface area (TPSA) is 15.3 Å². The molecule has 0 bridgehead atoms. The molecule has 2 heteroatoms. The predicted octanol–water partition coefficient (Wildman–Crippen LogP) is 1.57. The number of nitrogens with zero attached hydrogens (tertiary/aromatic N) is 1. The van der Waals surface area contributed by atoms with Crippen molar-refractivity contribution in [3.05, 3.63) is 0 Å². The van der Waals surface area contributed by atoms with Crippen LogP contribution < -0.4 is 5.32 Å². The number of nitrogens with one attached hydrogen (secondary N) is 1. The van der Waals surface area contributed by atoms with E-state index in [2.05, 4.69) is 31.0 Å². The molecule has 78 valence electrons. The van der Waals surface area contributed by atoms with Gasteiger partial charge in [0.05, 0.1) is 0 Å². The molecule has 0 amide bonds. The molecule has 3 unspecified atom stereocenters. The van der Waals surface area contributed by atoms with Gasteiger partial charge >= 0.3 is 0 Å². The summed E-state index contributed by atoms with van der Waals surface area (Å²) in [5.41, 5.74) is 0. The summed E-state index contributed by atoms with van der Waals surface area (Å²) in [5.74, 6) is 1.76. The normalized spacial score (nSPS) is 33.2. The maximum Gasteiger partial charge on any atom is 0.0192 e. The average molecular weight is 184 g/mol. The van der Waals surface area contributed by atoms with Crippen LogP contribution in [0.4, 0.5) is 0 Å². The van der Waals surface area contributed by atoms with Gasteiger partial charge in [-0.05, 0) is 32.2 Å². The third kappa shape index (κ3) is 3.28. The number of hydrogen-bond donors (Lipinski definition) is 1. The summed E-state index contributed by atoms with van der Waals surface area (Å²) in [4.78, 5) is 2.62. The highest BCUT2D eigenvalue weighted by Gasteiger charge is 2.24. The third-order valence-electron chi connectivity index (χ3n) is 3.02. The van der Waals surface area contributed by atoms with Crippen LogP contribution in [0.1, 0.15) is 27.2 Å². The summed E-state index contributed by atoms with van der Waals surface area (Å²) < 4.78 is 0. The third-order valence-corrected chi connectivity index (χ3v) is 3.02. The van der Waals surface area contributed by atoms with E-state index in [-0.39, 0.29) is 0 Å². The summed E-state index contributed by atoms with van der Waals surface area (Å²) in [6.45, 7) is 10.7. The molecule has 0 aromatic rings. The summed E-state index contributed by atoms with van der Waals surface area (Å²) >= 11 is 0. The fourth-order valence-corrected chi connectivity index (χ4v) is 2.50. The van der Waals surface area contributed by atoms with Gasteiger partial charge in [0.25, 0.3) is 0 Å². The molecular formula is C11H24N2. The van der Waals surface area contributed by atoms with Crippen molar-refractivity contribution in [2.24, 2.45) is 11.8 Å². The van der Waals surface area contributed by atoms with Crippen molar-refractivity contribution in [2.75, 3.05) is 26.7 Å². The van der Waals surface area contributed by atoms with Gasteiger partial charge in [-0.2, -0.15) is 0 Å². The van der Waals surface area contributed by atoms with Crippen LogP contribution in [0.15, 0.2) is 0 Å². The van der Waals surface area contributed by atoms with Crippen LogP contribution in [0.3, 0.4) is 0 Å². The molecule has 0 aromatic heterocycles. The van der Waals surface area contributed by atoms with Crippen molar-refractivity contribution < 1.29 is 0 Å². The van der Waals surface area contributed by atoms with E-state index in [1.165, 1.54) is 19.5 Å². The minimum atomic E-state index is 0.690. The Labute approximate surface area is 82.7 Å². The van der Waals surface area contributed by atoms with Crippen LogP contribution in [0.25, 0.3) is 0 Å². The Morgan fingerprint density at radius 1 is 1.31 bits per heavy atom. The highest BCUT2D eigenvalue weighted by atomic mass is 15.2. The van der Waals surface area contributed by atoms with Crippen molar-refractivity contribution in [3.8, 4) is 0 Å². The monoisotopic (exact) mass is 184 g/mol. The van der Waals surface area contributed by atoms with Gasteiger partial charge in [-0.3, -0.25) is 4.90 Å². The second-order valence-electron chi connectivity index (χ2n) is 4.81. The lowest BCUT2D eigenvalue weighted by atomic mass is 9.91. The van der Waals surface area contributed by atoms with Gasteiger partial charge in [0, 0.05) is 25.7 Å². The highest BCUT2D eigenvalue weighted by Crippen LogP contribution is 2.22. The second-order valence-corrected chi connectivity index (χ2v) is 4.81. The minimum absolute atomic E-state index is 0.690. The Morgan fingerprint density at radius 2 is 1.85 bits per heavy atom. The van der Waals surface area contributed by atoms with E-state index in [1.54, 1.807) is 0 Å². The van der Waals surface area contributed by atoms with Crippen LogP contribution in [0, 0.1) is 11.8 Å². The number of likely N-dealkylation sites (tertiary alicyclic amines) is 1. The van der Waals surface area contributed by atoms with Crippen molar-refractivity contribution in [1.82, 2.24) is 10.2 Å². The molecule has 1 rings (SSSR count). The fourth-order valence-electron chi connectivity index (χ4n) is 2.50. The standard InChI is InChI=1S/C11H24N2/c1-9-5-10(2)8-13(7-9)11(3)6-12-4/h9-12H,5-8H2,1-4H3. The largest absolute Gasteiger partial charge is 0.318 e. The van der Waals surface area contributed by atoms with Crippen molar-refractivity contribution in [1.29, 1.82) is 0 Å². The van der Waals surface area contributed by atoms with E-state index in [1.807, 2.05) is 7.05 Å². The lowest BCUT2D eigenvalue weighted by molar-refractivity contribution is 0.103. The molecule has 1 heterocycles. The molecule has 0 saturated carbocycles. The lowest BCUT2D eigenvalue weighted by Crippen LogP contribution is -2.47. The quantitative estimate of drug-likeness (QED) is 0.716. The zero-order valence-corrected chi connectivity index (χ0v) is 9.51. The van der Waals surface area contributed by atoms with E-state index >= 15 is 0 Å². The fraction of sp³-hybridized carbons (Fsp3) is 1.00. The molecule has 0 aliphatic carbocycles. The average Bonchev–Trinajstić information content (AvgIpc) is 2.03. The molecular weight excluding hydrogens is 160 g/mol. The van der Waals surface area contributed by atoms with E-state index in [0.29, 0.717) is 6.04 Å². The molecule has 1 aliphatic heterocycles. The first kappa shape index (κ1) is 11.0. The number of piperidine rings is 1. The maximum absolute atomic E-state index is 3.25. The molecule has 1 N–H and O–H groups in total. The number of hydrogen-bond acceptors (Lipinski definition) is 2. The van der Waals surface area contributed by atoms with Crippen LogP contribution >= 0.6 is 0 Å². The van der Waals surface area contributed by atoms with Gasteiger partial charge < -0.3 is 5.32 Å². The molecule has 3 atom stereocenters. The maximum atomic E-state index is 3.25. The second kappa shape index (κ2) is 4.97. The summed E-state index contributed by atoms with van der Waals surface area (Å²) in [5, 5.41) is 3.25. The van der Waals surface area contributed by atoms with Gasteiger partial charge in [0.2, 0.25) is 0 Å². The Morgan fingerprint density at radius 3 is 2.31 bits per heavy atom. The molecule has 13 heavy (non-hydrogen) atoms. The first-order valence-corrected chi connectivity index (χ1v) is 5.52. The van der Waals surface area contributed by atoms with Crippen LogP contribution in [0.5, 0.6) is 0 Å². The Balaban J connectivity index is 2.40. The first-order valence-electron chi connectivity index (χ1n) is 5.52. The molecule has 0 radical (unpaired) electrons. The SMILES string of the molecule is CNCC(C)N1CC(C)CC(C)C1. The predicted molar refractivity (Wildman–Crippen MR) is 57.9 cm³/mol. The van der Waals surface area contributed by atoms with Crippen LogP contribution in [0.2, 0.25) is 0 Å². The summed E-state index contributed by atoms with van der Waals surface area (Å²) in [6.07, 6.45) is 1.41. The van der Waals surface area contributed by atoms with Gasteiger partial charge in [-0.1, -0.05) is 13.8 Å². The first-order chi connectivity index (χ1) is 6.13. The summed E-state index contributed by atoms with van der Waals surface area (Å²) in [6, 6.07) is 0.690. The van der Waals surface area contributed by atoms with E-state index in [0.717, 1.165) is 18.4 Å². The molecule has 1 saturated heterocycles. The lowest BCUT2D eigenvalue weighted by Gasteiger charge is -2.38. The Bertz CT molecular complexity index is 137. The Hall–Kier alpha value is -0.0800. The van der Waals surface area contributed by atoms with Crippen molar-refractivity contribution in [3.63, 3.8) is 0 Å². The molecule has 2 nitrogen and oxygen atoms in total. The number of rotatable bonds is 3. The summed E-state index contributed by atoms with van der Waals surface area (Å²) in [7, 11) is 2.04. The minimum Gasteiger partial charge on any atom is -0.318 e. The van der Waals surface area contributed by atoms with Gasteiger partial charge in [0.15, 0.2) is 0 Å². The zero-order valence-electron chi connectivity index (χ0n) is 9.51. The van der Waals surface area contributed by atoms with E-state index in [9.17, 15) is 0 Å². The van der Waals surface area contributed by atoms with Crippen molar-refractivity contribution >= 4 is 0 Å². The van der Waals surface area contributed by atoms with Gasteiger partial charge in [0.1, 0.15) is 0 Å². The molecule has 1 aliphatic rings. The smallest absolute Gasteiger partial charge is 0.0192 e. The molecule has 0 spiro atoms. The Kier molecular flexibility index (Phi) is 4.20. The number of likely N-dealkylation sites (N-methyl/N-ethyl adjacent to an activating group) is 1. The van der Waals surface area contributed by atoms with Crippen molar-refractivity contribution in [2.45, 2.75) is 33.2 Å². The molecule has 1 fully saturated rings. The zero-order chi connectivity index (χ0) is 9.84. The van der Waals surface area contributed by atoms with Gasteiger partial charge in [-0.15, -0.1) is 0 Å². The van der Waals surface area contributed by atoms with Crippen LogP contribution in [-0.4, -0.2) is 37.6 Å². The van der Waals surface area contributed by atoms with Crippen LogP contribution in [-0.2, 0) is 0 Å². The highest BCUT2D eigenvalue weighted by molar-refractivity contribution is 4.79. The van der Waals surface area contributed by atoms with E-state index < -0.39 is 0 Å². The van der Waals surface area contributed by atoms with E-state index in [4.69, 9.17) is 0 Å².